The molecule has 3 aromatic carbocycles. The van der Waals surface area contributed by atoms with Crippen LogP contribution in [0.1, 0.15) is 27.0 Å². The third-order valence-corrected chi connectivity index (χ3v) is 5.07. The zero-order chi connectivity index (χ0) is 20.4. The lowest BCUT2D eigenvalue weighted by molar-refractivity contribution is 0.0951. The van der Waals surface area contributed by atoms with Crippen molar-refractivity contribution in [2.75, 3.05) is 7.11 Å². The Bertz CT molecular complexity index is 1190. The third kappa shape index (κ3) is 3.72. The van der Waals surface area contributed by atoms with Gasteiger partial charge in [-0.1, -0.05) is 30.3 Å². The summed E-state index contributed by atoms with van der Waals surface area (Å²) in [5.74, 6) is 0.620. The van der Waals surface area contributed by atoms with Crippen molar-refractivity contribution in [3.05, 3.63) is 89.2 Å². The summed E-state index contributed by atoms with van der Waals surface area (Å²) in [5, 5.41) is 2.96. The van der Waals surface area contributed by atoms with Gasteiger partial charge in [-0.15, -0.1) is 0 Å². The smallest absolute Gasteiger partial charge is 0.251 e. The normalized spacial score (nSPS) is 10.9. The molecule has 0 atom stereocenters. The highest BCUT2D eigenvalue weighted by Gasteiger charge is 2.12. The topological polar surface area (TPSA) is 56.1 Å². The van der Waals surface area contributed by atoms with Gasteiger partial charge >= 0.3 is 0 Å². The molecule has 29 heavy (non-hydrogen) atoms. The number of carbonyl (C=O) groups excluding carboxylic acids is 1. The van der Waals surface area contributed by atoms with E-state index in [0.717, 1.165) is 28.0 Å². The molecule has 0 bridgehead atoms. The van der Waals surface area contributed by atoms with Crippen LogP contribution in [0.25, 0.3) is 16.7 Å². The molecule has 0 unspecified atom stereocenters. The fourth-order valence-electron chi connectivity index (χ4n) is 3.45. The van der Waals surface area contributed by atoms with Gasteiger partial charge in [-0.3, -0.25) is 9.36 Å². The molecule has 0 aliphatic heterocycles. The van der Waals surface area contributed by atoms with Crippen LogP contribution in [0.4, 0.5) is 0 Å². The third-order valence-electron chi connectivity index (χ3n) is 5.07. The molecule has 4 aromatic rings. The summed E-state index contributed by atoms with van der Waals surface area (Å²) >= 11 is 0. The number of methoxy groups -OCH3 is 1. The molecule has 0 saturated heterocycles. The summed E-state index contributed by atoms with van der Waals surface area (Å²) in [4.78, 5) is 17.2. The van der Waals surface area contributed by atoms with Gasteiger partial charge in [0, 0.05) is 17.7 Å². The molecule has 0 aliphatic carbocycles. The minimum atomic E-state index is -0.140. The summed E-state index contributed by atoms with van der Waals surface area (Å²) in [5.41, 5.74) is 6.74. The molecule has 5 heteroatoms. The Hall–Kier alpha value is -3.60. The molecule has 0 aliphatic rings. The van der Waals surface area contributed by atoms with E-state index in [-0.39, 0.29) is 5.91 Å². The highest BCUT2D eigenvalue weighted by Crippen LogP contribution is 2.23. The van der Waals surface area contributed by atoms with Gasteiger partial charge < -0.3 is 10.1 Å². The lowest BCUT2D eigenvalue weighted by Crippen LogP contribution is -2.23. The maximum atomic E-state index is 12.7. The first-order chi connectivity index (χ1) is 14.1. The highest BCUT2D eigenvalue weighted by atomic mass is 16.5. The van der Waals surface area contributed by atoms with E-state index in [0.29, 0.717) is 12.1 Å². The Morgan fingerprint density at radius 1 is 1.07 bits per heavy atom. The van der Waals surface area contributed by atoms with Crippen LogP contribution in [-0.2, 0) is 6.54 Å². The first-order valence-corrected chi connectivity index (χ1v) is 9.51. The van der Waals surface area contributed by atoms with E-state index >= 15 is 0 Å². The zero-order valence-corrected chi connectivity index (χ0v) is 16.8. The van der Waals surface area contributed by atoms with Gasteiger partial charge in [0.1, 0.15) is 12.1 Å². The molecule has 1 aromatic heterocycles. The van der Waals surface area contributed by atoms with Crippen molar-refractivity contribution in [2.24, 2.45) is 0 Å². The van der Waals surface area contributed by atoms with Crippen molar-refractivity contribution >= 4 is 16.9 Å². The number of aryl methyl sites for hydroxylation is 2. The van der Waals surface area contributed by atoms with Crippen molar-refractivity contribution in [3.63, 3.8) is 0 Å². The van der Waals surface area contributed by atoms with Crippen LogP contribution in [0.2, 0.25) is 0 Å². The van der Waals surface area contributed by atoms with Crippen molar-refractivity contribution in [3.8, 4) is 11.4 Å². The molecule has 1 N–H and O–H groups in total. The van der Waals surface area contributed by atoms with E-state index < -0.39 is 0 Å². The van der Waals surface area contributed by atoms with Crippen molar-refractivity contribution in [1.29, 1.82) is 0 Å². The molecule has 0 spiro atoms. The van der Waals surface area contributed by atoms with Gasteiger partial charge in [-0.25, -0.2) is 4.98 Å². The number of ether oxygens (including phenoxy) is 1. The molecule has 5 nitrogen and oxygen atoms in total. The molecule has 4 rings (SSSR count). The van der Waals surface area contributed by atoms with Crippen LogP contribution in [0.3, 0.4) is 0 Å². The number of para-hydroxylation sites is 1. The Morgan fingerprint density at radius 3 is 2.72 bits per heavy atom. The average Bonchev–Trinajstić information content (AvgIpc) is 3.17. The van der Waals surface area contributed by atoms with Gasteiger partial charge in [0.15, 0.2) is 0 Å². The number of nitrogens with zero attached hydrogens (tertiary/aromatic N) is 2. The molecule has 0 radical (unpaired) electrons. The summed E-state index contributed by atoms with van der Waals surface area (Å²) in [6.45, 7) is 4.56. The van der Waals surface area contributed by atoms with Crippen LogP contribution in [-0.4, -0.2) is 22.6 Å². The quantitative estimate of drug-likeness (QED) is 0.547. The number of carbonyl (C=O) groups is 1. The number of nitrogens with one attached hydrogen (secondary N) is 1. The summed E-state index contributed by atoms with van der Waals surface area (Å²) in [6, 6.07) is 19.6. The van der Waals surface area contributed by atoms with E-state index in [4.69, 9.17) is 4.74 Å². The van der Waals surface area contributed by atoms with Crippen LogP contribution in [0.5, 0.6) is 5.75 Å². The van der Waals surface area contributed by atoms with Gasteiger partial charge in [-0.05, 0) is 55.3 Å². The second-order valence-electron chi connectivity index (χ2n) is 7.10. The van der Waals surface area contributed by atoms with Crippen molar-refractivity contribution < 1.29 is 9.53 Å². The minimum Gasteiger partial charge on any atom is -0.496 e. The van der Waals surface area contributed by atoms with Crippen LogP contribution in [0.15, 0.2) is 67.0 Å². The predicted molar refractivity (Wildman–Crippen MR) is 115 cm³/mol. The van der Waals surface area contributed by atoms with Crippen molar-refractivity contribution in [2.45, 2.75) is 20.4 Å². The number of amides is 1. The molecular formula is C24H23N3O2. The van der Waals surface area contributed by atoms with Crippen LogP contribution in [0, 0.1) is 13.8 Å². The van der Waals surface area contributed by atoms with E-state index in [1.54, 1.807) is 7.11 Å². The Kier molecular flexibility index (Phi) is 5.04. The average molecular weight is 385 g/mol. The molecule has 0 fully saturated rings. The molecule has 146 valence electrons. The fraction of sp³-hybridized carbons (Fsp3) is 0.167. The summed E-state index contributed by atoms with van der Waals surface area (Å²) in [7, 11) is 1.63. The first kappa shape index (κ1) is 18.7. The number of rotatable bonds is 5. The lowest BCUT2D eigenvalue weighted by atomic mass is 10.1. The number of imidazole rings is 1. The van der Waals surface area contributed by atoms with E-state index in [2.05, 4.69) is 46.9 Å². The second-order valence-corrected chi connectivity index (χ2v) is 7.10. The number of hydrogen-bond acceptors (Lipinski definition) is 3. The Labute approximate surface area is 170 Å². The van der Waals surface area contributed by atoms with Crippen molar-refractivity contribution in [1.82, 2.24) is 14.9 Å². The first-order valence-electron chi connectivity index (χ1n) is 9.51. The van der Waals surface area contributed by atoms with Gasteiger partial charge in [-0.2, -0.15) is 0 Å². The van der Waals surface area contributed by atoms with E-state index in [9.17, 15) is 4.79 Å². The number of benzene rings is 3. The lowest BCUT2D eigenvalue weighted by Gasteiger charge is -2.11. The van der Waals surface area contributed by atoms with Gasteiger partial charge in [0.25, 0.3) is 5.91 Å². The maximum absolute atomic E-state index is 12.7. The number of aromatic nitrogens is 2. The van der Waals surface area contributed by atoms with Crippen LogP contribution >= 0.6 is 0 Å². The van der Waals surface area contributed by atoms with Gasteiger partial charge in [0.05, 0.1) is 23.8 Å². The summed E-state index contributed by atoms with van der Waals surface area (Å²) in [6.07, 6.45) is 1.81. The number of fused-ring (bicyclic) bond motifs is 1. The van der Waals surface area contributed by atoms with Crippen LogP contribution < -0.4 is 10.1 Å². The Morgan fingerprint density at radius 2 is 1.90 bits per heavy atom. The van der Waals surface area contributed by atoms with Gasteiger partial charge in [0.2, 0.25) is 0 Å². The SMILES string of the molecule is COc1ccccc1CNC(=O)c1ccc2c(c1)ncn2-c1cc(C)ccc1C. The highest BCUT2D eigenvalue weighted by molar-refractivity contribution is 5.97. The van der Waals surface area contributed by atoms with E-state index in [1.165, 1.54) is 11.1 Å². The molecule has 0 saturated carbocycles. The molecule has 1 amide bonds. The molecule has 1 heterocycles. The molecular weight excluding hydrogens is 362 g/mol. The second kappa shape index (κ2) is 7.80. The minimum absolute atomic E-state index is 0.140. The standard InChI is InChI=1S/C24H23N3O2/c1-16-8-9-17(2)22(12-16)27-15-26-20-13-18(10-11-21(20)27)24(28)25-14-19-6-4-5-7-23(19)29-3/h4-13,15H,14H2,1-3H3,(H,25,28). The Balaban J connectivity index is 1.58. The largest absolute Gasteiger partial charge is 0.496 e. The monoisotopic (exact) mass is 385 g/mol. The number of hydrogen-bond donors (Lipinski definition) is 1. The summed E-state index contributed by atoms with van der Waals surface area (Å²) < 4.78 is 7.40. The maximum Gasteiger partial charge on any atom is 0.251 e. The predicted octanol–water partition coefficient (Wildman–Crippen LogP) is 4.58. The zero-order valence-electron chi connectivity index (χ0n) is 16.8. The van der Waals surface area contributed by atoms with E-state index in [1.807, 2.05) is 48.8 Å². The fourth-order valence-corrected chi connectivity index (χ4v) is 3.45.